The van der Waals surface area contributed by atoms with Gasteiger partial charge in [0.15, 0.2) is 0 Å². The van der Waals surface area contributed by atoms with Crippen LogP contribution in [0.25, 0.3) is 0 Å². The van der Waals surface area contributed by atoms with Crippen LogP contribution < -0.4 is 27.2 Å². The number of rotatable bonds is 12. The molecule has 1 fully saturated rings. The Hall–Kier alpha value is -1.25. The predicted octanol–water partition coefficient (Wildman–Crippen LogP) is 1.71. The van der Waals surface area contributed by atoms with Crippen molar-refractivity contribution in [3.8, 4) is 0 Å². The minimum atomic E-state index is -2.68. The van der Waals surface area contributed by atoms with Crippen LogP contribution >= 0.6 is 0 Å². The fourth-order valence-corrected chi connectivity index (χ4v) is 3.04. The SMILES string of the molecule is C=NC(C)N/C(=C/C(CCC(C)(F)F)NNC)NC1CCC(CN)C1. The Morgan fingerprint density at radius 3 is 2.68 bits per heavy atom. The van der Waals surface area contributed by atoms with Crippen molar-refractivity contribution in [3.05, 3.63) is 11.9 Å². The van der Waals surface area contributed by atoms with Crippen molar-refractivity contribution < 1.29 is 8.78 Å². The summed E-state index contributed by atoms with van der Waals surface area (Å²) in [7, 11) is 1.72. The highest BCUT2D eigenvalue weighted by atomic mass is 19.3. The zero-order valence-electron chi connectivity index (χ0n) is 15.6. The Labute approximate surface area is 150 Å². The van der Waals surface area contributed by atoms with Crippen LogP contribution in [0.4, 0.5) is 8.78 Å². The Morgan fingerprint density at radius 2 is 2.16 bits per heavy atom. The molecular formula is C17H34F2N6. The molecule has 0 aromatic carbocycles. The van der Waals surface area contributed by atoms with Crippen LogP contribution in [0.2, 0.25) is 0 Å². The summed E-state index contributed by atoms with van der Waals surface area (Å²) >= 11 is 0. The Kier molecular flexibility index (Phi) is 9.31. The lowest BCUT2D eigenvalue weighted by atomic mass is 10.1. The number of nitrogens with one attached hydrogen (secondary N) is 4. The summed E-state index contributed by atoms with van der Waals surface area (Å²) in [6, 6.07) is 0.0849. The molecule has 4 unspecified atom stereocenters. The third-order valence-corrected chi connectivity index (χ3v) is 4.46. The number of hydrogen-bond donors (Lipinski definition) is 5. The van der Waals surface area contributed by atoms with E-state index in [0.29, 0.717) is 24.9 Å². The first-order chi connectivity index (χ1) is 11.8. The predicted molar refractivity (Wildman–Crippen MR) is 99.4 cm³/mol. The lowest BCUT2D eigenvalue weighted by Crippen LogP contribution is -2.42. The first-order valence-electron chi connectivity index (χ1n) is 8.98. The molecule has 6 nitrogen and oxygen atoms in total. The molecule has 0 amide bonds. The van der Waals surface area contributed by atoms with Gasteiger partial charge in [0.1, 0.15) is 6.17 Å². The minimum absolute atomic E-state index is 0.173. The molecule has 0 spiro atoms. The van der Waals surface area contributed by atoms with E-state index in [0.717, 1.165) is 32.0 Å². The van der Waals surface area contributed by atoms with Gasteiger partial charge < -0.3 is 16.4 Å². The summed E-state index contributed by atoms with van der Waals surface area (Å²) in [6.45, 7) is 7.08. The maximum absolute atomic E-state index is 13.2. The summed E-state index contributed by atoms with van der Waals surface area (Å²) < 4.78 is 26.4. The van der Waals surface area contributed by atoms with E-state index in [1.807, 2.05) is 13.0 Å². The Bertz CT molecular complexity index is 424. The molecule has 6 N–H and O–H groups in total. The average Bonchev–Trinajstić information content (AvgIpc) is 2.99. The second-order valence-corrected chi connectivity index (χ2v) is 6.95. The molecule has 146 valence electrons. The standard InChI is InChI=1S/C17H34F2N6/c1-12(21-3)23-16(24-14-6-5-13(9-14)11-20)10-15(25-22-4)7-8-17(2,18)19/h10,12-15,22-25H,3,5-9,11,20H2,1-2,4H3/b16-10-. The molecule has 0 aliphatic heterocycles. The second kappa shape index (κ2) is 10.7. The van der Waals surface area contributed by atoms with Gasteiger partial charge in [-0.1, -0.05) is 0 Å². The van der Waals surface area contributed by atoms with Crippen molar-refractivity contribution in [2.75, 3.05) is 13.6 Å². The van der Waals surface area contributed by atoms with Gasteiger partial charge in [-0.05, 0) is 71.8 Å². The van der Waals surface area contributed by atoms with E-state index < -0.39 is 5.92 Å². The summed E-state index contributed by atoms with van der Waals surface area (Å²) in [5.41, 5.74) is 11.6. The summed E-state index contributed by atoms with van der Waals surface area (Å²) in [5.74, 6) is -1.35. The lowest BCUT2D eigenvalue weighted by molar-refractivity contribution is 0.00916. The van der Waals surface area contributed by atoms with E-state index in [-0.39, 0.29) is 18.6 Å². The molecule has 1 saturated carbocycles. The number of nitrogens with two attached hydrogens (primary N) is 1. The Balaban J connectivity index is 2.78. The highest BCUT2D eigenvalue weighted by Gasteiger charge is 2.25. The average molecular weight is 360 g/mol. The minimum Gasteiger partial charge on any atom is -0.369 e. The van der Waals surface area contributed by atoms with E-state index in [4.69, 9.17) is 5.73 Å². The number of hydrogen-bond acceptors (Lipinski definition) is 6. The van der Waals surface area contributed by atoms with Gasteiger partial charge >= 0.3 is 0 Å². The van der Waals surface area contributed by atoms with Gasteiger partial charge in [-0.2, -0.15) is 0 Å². The fourth-order valence-electron chi connectivity index (χ4n) is 3.04. The molecular weight excluding hydrogens is 326 g/mol. The zero-order valence-corrected chi connectivity index (χ0v) is 15.6. The van der Waals surface area contributed by atoms with Crippen LogP contribution in [0.15, 0.2) is 16.9 Å². The summed E-state index contributed by atoms with van der Waals surface area (Å²) in [4.78, 5) is 3.95. The summed E-state index contributed by atoms with van der Waals surface area (Å²) in [5, 5.41) is 6.73. The van der Waals surface area contributed by atoms with Crippen molar-refractivity contribution in [2.45, 2.75) is 70.1 Å². The molecule has 1 rings (SSSR count). The van der Waals surface area contributed by atoms with Crippen LogP contribution in [0.1, 0.15) is 46.0 Å². The van der Waals surface area contributed by atoms with Crippen molar-refractivity contribution >= 4 is 6.72 Å². The van der Waals surface area contributed by atoms with Gasteiger partial charge in [0.2, 0.25) is 5.92 Å². The number of alkyl halides is 2. The van der Waals surface area contributed by atoms with Crippen molar-refractivity contribution in [1.29, 1.82) is 0 Å². The molecule has 0 bridgehead atoms. The first-order valence-corrected chi connectivity index (χ1v) is 8.98. The van der Waals surface area contributed by atoms with Gasteiger partial charge in [0.25, 0.3) is 0 Å². The van der Waals surface area contributed by atoms with E-state index >= 15 is 0 Å². The van der Waals surface area contributed by atoms with E-state index in [2.05, 4.69) is 33.2 Å². The summed E-state index contributed by atoms with van der Waals surface area (Å²) in [6.07, 6.45) is 5.02. The van der Waals surface area contributed by atoms with Gasteiger partial charge in [0, 0.05) is 18.5 Å². The monoisotopic (exact) mass is 360 g/mol. The smallest absolute Gasteiger partial charge is 0.245 e. The second-order valence-electron chi connectivity index (χ2n) is 6.95. The molecule has 0 aromatic rings. The van der Waals surface area contributed by atoms with Gasteiger partial charge in [-0.3, -0.25) is 15.8 Å². The van der Waals surface area contributed by atoms with Gasteiger partial charge in [0.05, 0.1) is 5.82 Å². The molecule has 25 heavy (non-hydrogen) atoms. The quantitative estimate of drug-likeness (QED) is 0.270. The van der Waals surface area contributed by atoms with Crippen LogP contribution in [-0.4, -0.2) is 44.5 Å². The molecule has 0 radical (unpaired) electrons. The zero-order chi connectivity index (χ0) is 18.9. The molecule has 0 heterocycles. The van der Waals surface area contributed by atoms with Crippen molar-refractivity contribution in [2.24, 2.45) is 16.6 Å². The van der Waals surface area contributed by atoms with Crippen molar-refractivity contribution in [1.82, 2.24) is 21.5 Å². The van der Waals surface area contributed by atoms with Crippen LogP contribution in [0.3, 0.4) is 0 Å². The van der Waals surface area contributed by atoms with Crippen LogP contribution in [0, 0.1) is 5.92 Å². The van der Waals surface area contributed by atoms with Crippen LogP contribution in [-0.2, 0) is 0 Å². The lowest BCUT2D eigenvalue weighted by Gasteiger charge is -2.24. The van der Waals surface area contributed by atoms with E-state index in [1.54, 1.807) is 7.05 Å². The fraction of sp³-hybridized carbons (Fsp3) is 0.824. The Morgan fingerprint density at radius 1 is 1.44 bits per heavy atom. The largest absolute Gasteiger partial charge is 0.369 e. The molecule has 8 heteroatoms. The molecule has 0 saturated heterocycles. The number of hydrazine groups is 1. The van der Waals surface area contributed by atoms with E-state index in [9.17, 15) is 8.78 Å². The highest BCUT2D eigenvalue weighted by Crippen LogP contribution is 2.25. The van der Waals surface area contributed by atoms with E-state index in [1.165, 1.54) is 0 Å². The number of aliphatic imine (C=N–C) groups is 1. The normalized spacial score (nSPS) is 24.0. The first kappa shape index (κ1) is 21.8. The third kappa shape index (κ3) is 9.13. The maximum Gasteiger partial charge on any atom is 0.245 e. The van der Waals surface area contributed by atoms with Crippen molar-refractivity contribution in [3.63, 3.8) is 0 Å². The van der Waals surface area contributed by atoms with Crippen LogP contribution in [0.5, 0.6) is 0 Å². The van der Waals surface area contributed by atoms with Gasteiger partial charge in [-0.15, -0.1) is 0 Å². The highest BCUT2D eigenvalue weighted by molar-refractivity contribution is 5.24. The molecule has 0 aromatic heterocycles. The maximum atomic E-state index is 13.2. The van der Waals surface area contributed by atoms with Gasteiger partial charge in [-0.25, -0.2) is 8.78 Å². The topological polar surface area (TPSA) is 86.5 Å². The number of halogens is 2. The molecule has 4 atom stereocenters. The third-order valence-electron chi connectivity index (χ3n) is 4.46. The molecule has 1 aliphatic rings. The number of nitrogens with zero attached hydrogens (tertiary/aromatic N) is 1. The molecule has 1 aliphatic carbocycles.